The van der Waals surface area contributed by atoms with Crippen molar-refractivity contribution in [3.8, 4) is 11.1 Å². The normalized spacial score (nSPS) is 13.2. The highest BCUT2D eigenvalue weighted by Gasteiger charge is 2.39. The topological polar surface area (TPSA) is 7.60 Å². The van der Waals surface area contributed by atoms with Crippen molar-refractivity contribution in [1.29, 1.82) is 0 Å². The maximum atomic E-state index is 7.57. The fourth-order valence-electron chi connectivity index (χ4n) is 7.26. The van der Waals surface area contributed by atoms with Crippen LogP contribution in [0.25, 0.3) is 48.3 Å². The van der Waals surface area contributed by atoms with Gasteiger partial charge in [0.15, 0.2) is 5.69 Å². The molecule has 0 aliphatic heterocycles. The second-order valence-electron chi connectivity index (χ2n) is 11.7. The molecular weight excluding hydrogens is 508 g/mol. The lowest BCUT2D eigenvalue weighted by Crippen LogP contribution is -2.16. The highest BCUT2D eigenvalue weighted by molar-refractivity contribution is 6.19. The standard InChI is InChI=1S/C40H28N2/c1-40(2)38-31-23-21-30(42(28-13-5-4-6-14-28)29-15-11-12-27(25-29)41-3)24-26(31)20-22-36(38)37-34-18-9-7-16-32(34)33-17-8-10-19-35(33)39(37)40/h4-25H,1-2H3. The Morgan fingerprint density at radius 1 is 0.524 bits per heavy atom. The molecule has 0 aromatic heterocycles. The Bertz CT molecular complexity index is 2240. The molecule has 0 saturated carbocycles. The largest absolute Gasteiger partial charge is 0.312 e. The summed E-state index contributed by atoms with van der Waals surface area (Å²) in [5.41, 5.74) is 9.09. The fourth-order valence-corrected chi connectivity index (χ4v) is 7.26. The zero-order chi connectivity index (χ0) is 28.4. The molecule has 1 aliphatic carbocycles. The van der Waals surface area contributed by atoms with Crippen molar-refractivity contribution in [2.75, 3.05) is 4.90 Å². The number of hydrogen-bond acceptors (Lipinski definition) is 1. The average molecular weight is 537 g/mol. The van der Waals surface area contributed by atoms with Gasteiger partial charge >= 0.3 is 0 Å². The first-order chi connectivity index (χ1) is 20.6. The first kappa shape index (κ1) is 24.4. The maximum absolute atomic E-state index is 7.57. The van der Waals surface area contributed by atoms with Crippen molar-refractivity contribution < 1.29 is 0 Å². The third-order valence-corrected chi connectivity index (χ3v) is 8.95. The second-order valence-corrected chi connectivity index (χ2v) is 11.7. The Labute approximate surface area is 245 Å². The highest BCUT2D eigenvalue weighted by Crippen LogP contribution is 2.56. The van der Waals surface area contributed by atoms with Gasteiger partial charge < -0.3 is 4.90 Å². The van der Waals surface area contributed by atoms with Crippen LogP contribution in [0.3, 0.4) is 0 Å². The number of anilines is 3. The molecule has 1 aliphatic rings. The van der Waals surface area contributed by atoms with Crippen molar-refractivity contribution in [2.24, 2.45) is 0 Å². The molecule has 0 saturated heterocycles. The lowest BCUT2D eigenvalue weighted by Gasteiger charge is -2.27. The van der Waals surface area contributed by atoms with Crippen LogP contribution in [0.5, 0.6) is 0 Å². The van der Waals surface area contributed by atoms with E-state index in [1.807, 2.05) is 24.3 Å². The van der Waals surface area contributed by atoms with E-state index in [4.69, 9.17) is 6.57 Å². The summed E-state index contributed by atoms with van der Waals surface area (Å²) >= 11 is 0. The number of rotatable bonds is 3. The molecule has 0 fully saturated rings. The van der Waals surface area contributed by atoms with Crippen molar-refractivity contribution >= 4 is 55.1 Å². The Hall–Kier alpha value is -5.39. The van der Waals surface area contributed by atoms with E-state index < -0.39 is 0 Å². The van der Waals surface area contributed by atoms with E-state index in [1.165, 1.54) is 54.6 Å². The molecule has 0 unspecified atom stereocenters. The maximum Gasteiger partial charge on any atom is 0.189 e. The van der Waals surface area contributed by atoms with E-state index in [9.17, 15) is 0 Å². The van der Waals surface area contributed by atoms with Crippen LogP contribution in [0.2, 0.25) is 0 Å². The second kappa shape index (κ2) is 9.06. The van der Waals surface area contributed by atoms with Gasteiger partial charge in [-0.05, 0) is 91.0 Å². The number of benzene rings is 7. The number of hydrogen-bond donors (Lipinski definition) is 0. The molecule has 0 heterocycles. The van der Waals surface area contributed by atoms with Crippen molar-refractivity contribution in [3.63, 3.8) is 0 Å². The van der Waals surface area contributed by atoms with Gasteiger partial charge in [-0.25, -0.2) is 4.85 Å². The van der Waals surface area contributed by atoms with Gasteiger partial charge in [0.2, 0.25) is 0 Å². The first-order valence-electron chi connectivity index (χ1n) is 14.4. The Kier molecular flexibility index (Phi) is 5.27. The van der Waals surface area contributed by atoms with E-state index >= 15 is 0 Å². The third kappa shape index (κ3) is 3.44. The molecular formula is C40H28N2. The minimum absolute atomic E-state index is 0.168. The zero-order valence-corrected chi connectivity index (χ0v) is 23.6. The molecule has 7 aromatic carbocycles. The summed E-state index contributed by atoms with van der Waals surface area (Å²) in [4.78, 5) is 5.93. The van der Waals surface area contributed by atoms with Gasteiger partial charge in [-0.1, -0.05) is 111 Å². The quantitative estimate of drug-likeness (QED) is 0.161. The van der Waals surface area contributed by atoms with Crippen molar-refractivity contribution in [2.45, 2.75) is 19.3 Å². The van der Waals surface area contributed by atoms with Gasteiger partial charge in [-0.3, -0.25) is 0 Å². The predicted molar refractivity (Wildman–Crippen MR) is 177 cm³/mol. The van der Waals surface area contributed by atoms with Gasteiger partial charge in [0.05, 0.1) is 6.57 Å². The van der Waals surface area contributed by atoms with Crippen molar-refractivity contribution in [1.82, 2.24) is 0 Å². The van der Waals surface area contributed by atoms with Gasteiger partial charge in [-0.15, -0.1) is 0 Å². The first-order valence-corrected chi connectivity index (χ1v) is 14.4. The molecule has 2 nitrogen and oxygen atoms in total. The molecule has 198 valence electrons. The minimum atomic E-state index is -0.168. The van der Waals surface area contributed by atoms with Crippen LogP contribution >= 0.6 is 0 Å². The fraction of sp³-hybridized carbons (Fsp3) is 0.0750. The summed E-state index contributed by atoms with van der Waals surface area (Å²) in [5.74, 6) is 0. The van der Waals surface area contributed by atoms with E-state index in [2.05, 4.69) is 133 Å². The summed E-state index contributed by atoms with van der Waals surface area (Å²) in [6.07, 6.45) is 0. The molecule has 7 aromatic rings. The Balaban J connectivity index is 1.38. The summed E-state index contributed by atoms with van der Waals surface area (Å²) in [6.45, 7) is 12.3. The van der Waals surface area contributed by atoms with E-state index in [0.29, 0.717) is 5.69 Å². The van der Waals surface area contributed by atoms with Gasteiger partial charge in [-0.2, -0.15) is 0 Å². The molecule has 0 bridgehead atoms. The Morgan fingerprint density at radius 2 is 1.17 bits per heavy atom. The lowest BCUT2D eigenvalue weighted by molar-refractivity contribution is 0.672. The van der Waals surface area contributed by atoms with Crippen LogP contribution in [0, 0.1) is 6.57 Å². The predicted octanol–water partition coefficient (Wildman–Crippen LogP) is 11.5. The molecule has 0 N–H and O–H groups in total. The monoisotopic (exact) mass is 536 g/mol. The zero-order valence-electron chi connectivity index (χ0n) is 23.6. The molecule has 0 spiro atoms. The average Bonchev–Trinajstić information content (AvgIpc) is 3.29. The Morgan fingerprint density at radius 3 is 1.93 bits per heavy atom. The van der Waals surface area contributed by atoms with Crippen LogP contribution in [0.4, 0.5) is 22.7 Å². The molecule has 0 amide bonds. The van der Waals surface area contributed by atoms with Crippen LogP contribution in [-0.4, -0.2) is 0 Å². The van der Waals surface area contributed by atoms with Gasteiger partial charge in [0, 0.05) is 22.5 Å². The SMILES string of the molecule is [C-]#[N+]c1cccc(N(c2ccccc2)c2ccc3c4c(ccc3c2)-c2c(c3ccccc3c3ccccc23)C4(C)C)c1. The molecule has 42 heavy (non-hydrogen) atoms. The van der Waals surface area contributed by atoms with Crippen LogP contribution < -0.4 is 4.90 Å². The summed E-state index contributed by atoms with van der Waals surface area (Å²) in [7, 11) is 0. The lowest BCUT2D eigenvalue weighted by atomic mass is 9.78. The van der Waals surface area contributed by atoms with Crippen LogP contribution in [-0.2, 0) is 5.41 Å². The number of para-hydroxylation sites is 1. The summed E-state index contributed by atoms with van der Waals surface area (Å²) < 4.78 is 0. The number of nitrogens with zero attached hydrogens (tertiary/aromatic N) is 2. The smallest absolute Gasteiger partial charge is 0.189 e. The molecule has 2 heteroatoms. The third-order valence-electron chi connectivity index (χ3n) is 8.95. The molecule has 0 atom stereocenters. The van der Waals surface area contributed by atoms with E-state index in [0.717, 1.165) is 17.1 Å². The van der Waals surface area contributed by atoms with E-state index in [-0.39, 0.29) is 5.41 Å². The van der Waals surface area contributed by atoms with Crippen LogP contribution in [0.15, 0.2) is 133 Å². The molecule has 8 rings (SSSR count). The highest BCUT2D eigenvalue weighted by atomic mass is 15.1. The summed E-state index contributed by atoms with van der Waals surface area (Å²) in [6, 6.07) is 47.4. The van der Waals surface area contributed by atoms with Gasteiger partial charge in [0.25, 0.3) is 0 Å². The van der Waals surface area contributed by atoms with Crippen molar-refractivity contribution in [3.05, 3.63) is 156 Å². The van der Waals surface area contributed by atoms with Crippen LogP contribution in [0.1, 0.15) is 25.0 Å². The van der Waals surface area contributed by atoms with E-state index in [1.54, 1.807) is 0 Å². The molecule has 0 radical (unpaired) electrons. The van der Waals surface area contributed by atoms with Gasteiger partial charge in [0.1, 0.15) is 0 Å². The summed E-state index contributed by atoms with van der Waals surface area (Å²) in [5, 5.41) is 7.79. The minimum Gasteiger partial charge on any atom is -0.312 e. The number of fused-ring (bicyclic) bond motifs is 10.